The Morgan fingerprint density at radius 1 is 1.82 bits per heavy atom. The number of hydrogen-bond donors (Lipinski definition) is 2. The van der Waals surface area contributed by atoms with Crippen LogP contribution in [0, 0.1) is 0 Å². The molecule has 0 saturated heterocycles. The van der Waals surface area contributed by atoms with Gasteiger partial charge in [-0.3, -0.25) is 4.79 Å². The van der Waals surface area contributed by atoms with E-state index in [0.717, 1.165) is 0 Å². The molecule has 0 rings (SSSR count). The number of likely N-dealkylation sites (N-methyl/N-ethyl adjacent to an activating group) is 1. The van der Waals surface area contributed by atoms with Gasteiger partial charge in [-0.25, -0.2) is 0 Å². The van der Waals surface area contributed by atoms with Crippen LogP contribution < -0.4 is 5.32 Å². The van der Waals surface area contributed by atoms with E-state index < -0.39 is 12.0 Å². The van der Waals surface area contributed by atoms with Crippen LogP contribution in [0.2, 0.25) is 0 Å². The summed E-state index contributed by atoms with van der Waals surface area (Å²) in [5, 5.41) is 11.3. The molecule has 0 aromatic carbocycles. The van der Waals surface area contributed by atoms with Gasteiger partial charge in [0.1, 0.15) is 6.04 Å². The molecular formula is C6H13NO3S. The SMILES string of the molecule is CN[C@@H](CCSOC)C(=O)O. The Morgan fingerprint density at radius 3 is 2.82 bits per heavy atom. The largest absolute Gasteiger partial charge is 0.480 e. The second-order valence-corrected chi connectivity index (χ2v) is 2.93. The van der Waals surface area contributed by atoms with Crippen molar-refractivity contribution in [2.24, 2.45) is 0 Å². The molecule has 0 aliphatic rings. The maximum absolute atomic E-state index is 10.4. The summed E-state index contributed by atoms with van der Waals surface area (Å²) in [6.45, 7) is 0. The number of hydrogen-bond acceptors (Lipinski definition) is 4. The molecule has 0 aromatic heterocycles. The molecular weight excluding hydrogens is 166 g/mol. The Hall–Kier alpha value is -0.260. The van der Waals surface area contributed by atoms with Crippen LogP contribution in [0.3, 0.4) is 0 Å². The van der Waals surface area contributed by atoms with E-state index in [4.69, 9.17) is 9.29 Å². The monoisotopic (exact) mass is 179 g/mol. The maximum Gasteiger partial charge on any atom is 0.320 e. The van der Waals surface area contributed by atoms with E-state index in [9.17, 15) is 4.79 Å². The van der Waals surface area contributed by atoms with Gasteiger partial charge in [0.25, 0.3) is 0 Å². The number of carboxylic acids is 1. The lowest BCUT2D eigenvalue weighted by Gasteiger charge is -2.08. The third kappa shape index (κ3) is 5.06. The Labute approximate surface area is 70.5 Å². The lowest BCUT2D eigenvalue weighted by Crippen LogP contribution is -2.34. The minimum Gasteiger partial charge on any atom is -0.480 e. The predicted octanol–water partition coefficient (Wildman–Crippen LogP) is 0.344. The smallest absolute Gasteiger partial charge is 0.320 e. The van der Waals surface area contributed by atoms with Crippen molar-refractivity contribution in [1.29, 1.82) is 0 Å². The molecule has 0 unspecified atom stereocenters. The van der Waals surface area contributed by atoms with E-state index in [1.807, 2.05) is 0 Å². The van der Waals surface area contributed by atoms with Crippen molar-refractivity contribution in [2.75, 3.05) is 19.9 Å². The van der Waals surface area contributed by atoms with Crippen LogP contribution in [0.25, 0.3) is 0 Å². The average Bonchev–Trinajstić information content (AvgIpc) is 1.97. The van der Waals surface area contributed by atoms with Gasteiger partial charge in [-0.1, -0.05) is 0 Å². The highest BCUT2D eigenvalue weighted by atomic mass is 32.2. The number of carboxylic acid groups (broad SMARTS) is 1. The molecule has 5 heteroatoms. The summed E-state index contributed by atoms with van der Waals surface area (Å²) in [7, 11) is 3.20. The summed E-state index contributed by atoms with van der Waals surface area (Å²) in [6.07, 6.45) is 0.574. The number of aliphatic carboxylic acids is 1. The Kier molecular flexibility index (Phi) is 6.30. The third-order valence-corrected chi connectivity index (χ3v) is 1.89. The zero-order valence-corrected chi connectivity index (χ0v) is 7.48. The number of rotatable bonds is 6. The van der Waals surface area contributed by atoms with Crippen LogP contribution in [-0.4, -0.2) is 37.0 Å². The Morgan fingerprint density at radius 2 is 2.45 bits per heavy atom. The van der Waals surface area contributed by atoms with Crippen molar-refractivity contribution in [1.82, 2.24) is 5.32 Å². The van der Waals surface area contributed by atoms with Crippen molar-refractivity contribution in [2.45, 2.75) is 12.5 Å². The van der Waals surface area contributed by atoms with Crippen LogP contribution >= 0.6 is 12.0 Å². The summed E-state index contributed by atoms with van der Waals surface area (Å²) in [5.74, 6) is -0.127. The van der Waals surface area contributed by atoms with E-state index in [2.05, 4.69) is 5.32 Å². The van der Waals surface area contributed by atoms with E-state index in [1.165, 1.54) is 12.0 Å². The Bertz CT molecular complexity index is 120. The molecule has 66 valence electrons. The summed E-state index contributed by atoms with van der Waals surface area (Å²) >= 11 is 1.27. The first-order valence-corrected chi connectivity index (χ1v) is 4.19. The molecule has 0 radical (unpaired) electrons. The Balaban J connectivity index is 3.44. The second-order valence-electron chi connectivity index (χ2n) is 1.96. The van der Waals surface area contributed by atoms with Gasteiger partial charge in [-0.05, 0) is 25.5 Å². The lowest BCUT2D eigenvalue weighted by molar-refractivity contribution is -0.139. The molecule has 4 nitrogen and oxygen atoms in total. The van der Waals surface area contributed by atoms with Gasteiger partial charge in [-0.15, -0.1) is 0 Å². The van der Waals surface area contributed by atoms with Crippen LogP contribution in [0.5, 0.6) is 0 Å². The average molecular weight is 179 g/mol. The highest BCUT2D eigenvalue weighted by Crippen LogP contribution is 2.04. The molecule has 0 saturated carbocycles. The fourth-order valence-corrected chi connectivity index (χ4v) is 1.14. The summed E-state index contributed by atoms with van der Waals surface area (Å²) < 4.78 is 4.71. The van der Waals surface area contributed by atoms with E-state index >= 15 is 0 Å². The highest BCUT2D eigenvalue weighted by Gasteiger charge is 2.13. The molecule has 0 aliphatic carbocycles. The molecule has 0 bridgehead atoms. The zero-order valence-electron chi connectivity index (χ0n) is 6.66. The van der Waals surface area contributed by atoms with Crippen molar-refractivity contribution in [3.05, 3.63) is 0 Å². The van der Waals surface area contributed by atoms with Crippen LogP contribution in [0.15, 0.2) is 0 Å². The fourth-order valence-electron chi connectivity index (χ4n) is 0.641. The lowest BCUT2D eigenvalue weighted by atomic mass is 10.2. The molecule has 1 atom stereocenters. The first kappa shape index (κ1) is 10.7. The maximum atomic E-state index is 10.4. The van der Waals surface area contributed by atoms with Crippen LogP contribution in [-0.2, 0) is 8.98 Å². The quantitative estimate of drug-likeness (QED) is 0.455. The van der Waals surface area contributed by atoms with Gasteiger partial charge in [0.05, 0.1) is 7.11 Å². The minimum absolute atomic E-state index is 0.461. The molecule has 0 aliphatic heterocycles. The first-order valence-electron chi connectivity index (χ1n) is 3.28. The number of nitrogens with one attached hydrogen (secondary N) is 1. The normalized spacial score (nSPS) is 12.9. The summed E-state index contributed by atoms with van der Waals surface area (Å²) in [6, 6.07) is -0.461. The van der Waals surface area contributed by atoms with Gasteiger partial charge >= 0.3 is 5.97 Å². The van der Waals surface area contributed by atoms with Crippen LogP contribution in [0.1, 0.15) is 6.42 Å². The van der Waals surface area contributed by atoms with Gasteiger partial charge in [0, 0.05) is 5.75 Å². The minimum atomic E-state index is -0.816. The van der Waals surface area contributed by atoms with E-state index in [-0.39, 0.29) is 0 Å². The molecule has 2 N–H and O–H groups in total. The second kappa shape index (κ2) is 6.45. The van der Waals surface area contributed by atoms with Gasteiger partial charge in [0.15, 0.2) is 0 Å². The van der Waals surface area contributed by atoms with Gasteiger partial charge < -0.3 is 14.6 Å². The molecule has 0 spiro atoms. The van der Waals surface area contributed by atoms with Crippen molar-refractivity contribution >= 4 is 18.0 Å². The topological polar surface area (TPSA) is 58.6 Å². The van der Waals surface area contributed by atoms with Crippen molar-refractivity contribution in [3.8, 4) is 0 Å². The zero-order chi connectivity index (χ0) is 8.69. The highest BCUT2D eigenvalue weighted by molar-refractivity contribution is 7.94. The van der Waals surface area contributed by atoms with Gasteiger partial charge in [0.2, 0.25) is 0 Å². The first-order chi connectivity index (χ1) is 5.22. The standard InChI is InChI=1S/C6H13NO3S/c1-7-5(6(8)9)3-4-11-10-2/h5,7H,3-4H2,1-2H3,(H,8,9)/t5-/m0/s1. The summed E-state index contributed by atoms with van der Waals surface area (Å²) in [5.41, 5.74) is 0. The predicted molar refractivity (Wildman–Crippen MR) is 44.6 cm³/mol. The number of carbonyl (C=O) groups is 1. The molecule has 11 heavy (non-hydrogen) atoms. The molecule has 0 amide bonds. The van der Waals surface area contributed by atoms with E-state index in [0.29, 0.717) is 12.2 Å². The molecule has 0 heterocycles. The van der Waals surface area contributed by atoms with Gasteiger partial charge in [-0.2, -0.15) is 0 Å². The fraction of sp³-hybridized carbons (Fsp3) is 0.833. The van der Waals surface area contributed by atoms with Crippen molar-refractivity contribution < 1.29 is 14.1 Å². The third-order valence-electron chi connectivity index (χ3n) is 1.25. The van der Waals surface area contributed by atoms with Crippen molar-refractivity contribution in [3.63, 3.8) is 0 Å². The summed E-state index contributed by atoms with van der Waals surface area (Å²) in [4.78, 5) is 10.4. The van der Waals surface area contributed by atoms with Crippen LogP contribution in [0.4, 0.5) is 0 Å². The molecule has 0 fully saturated rings. The van der Waals surface area contributed by atoms with E-state index in [1.54, 1.807) is 14.2 Å². The molecule has 0 aromatic rings.